The molecule has 31 heavy (non-hydrogen) atoms. The zero-order chi connectivity index (χ0) is 20.6. The van der Waals surface area contributed by atoms with Crippen LogP contribution < -0.4 is 9.47 Å². The number of benzene rings is 2. The van der Waals surface area contributed by atoms with Gasteiger partial charge < -0.3 is 14.2 Å². The molecule has 3 aliphatic rings. The van der Waals surface area contributed by atoms with Crippen molar-refractivity contribution in [3.05, 3.63) is 72.1 Å². The molecule has 0 amide bonds. The van der Waals surface area contributed by atoms with Gasteiger partial charge >= 0.3 is 0 Å². The summed E-state index contributed by atoms with van der Waals surface area (Å²) in [4.78, 5) is 9.32. The Morgan fingerprint density at radius 3 is 1.61 bits per heavy atom. The molecule has 2 atom stereocenters. The molecule has 2 aromatic heterocycles. The highest BCUT2D eigenvalue weighted by Gasteiger charge is 2.36. The van der Waals surface area contributed by atoms with Crippen molar-refractivity contribution in [2.24, 2.45) is 0 Å². The Balaban J connectivity index is 1.51. The molecule has 4 aromatic rings. The van der Waals surface area contributed by atoms with Gasteiger partial charge in [0.25, 0.3) is 0 Å². The standard InChI is InChI=1S/C26H24N2O3/c1-3-21-19-7-9-23(25(21)27-11-1)30-15-13-29-14-16-31-24-10-8-20(18-6-5-17(18)19)22-4-2-12-28-26(22)24/h1-4,7-12,17-18H,5-6,13-16H2/t17-,18+. The van der Waals surface area contributed by atoms with Crippen molar-refractivity contribution in [2.75, 3.05) is 26.4 Å². The van der Waals surface area contributed by atoms with Gasteiger partial charge in [-0.2, -0.15) is 0 Å². The second-order valence-corrected chi connectivity index (χ2v) is 8.20. The first-order chi connectivity index (χ1) is 15.4. The zero-order valence-corrected chi connectivity index (χ0v) is 17.3. The predicted octanol–water partition coefficient (Wildman–Crippen LogP) is 5.23. The molecule has 0 spiro atoms. The van der Waals surface area contributed by atoms with Gasteiger partial charge in [0.05, 0.1) is 13.2 Å². The van der Waals surface area contributed by atoms with Crippen LogP contribution in [0.2, 0.25) is 0 Å². The highest BCUT2D eigenvalue weighted by atomic mass is 16.5. The fourth-order valence-corrected chi connectivity index (χ4v) is 4.98. The maximum Gasteiger partial charge on any atom is 0.145 e. The van der Waals surface area contributed by atoms with Crippen molar-refractivity contribution in [3.63, 3.8) is 0 Å². The first-order valence-electron chi connectivity index (χ1n) is 11.0. The molecule has 5 nitrogen and oxygen atoms in total. The Hall–Kier alpha value is -3.18. The normalized spacial score (nSPS) is 21.2. The summed E-state index contributed by atoms with van der Waals surface area (Å²) < 4.78 is 17.8. The average molecular weight is 412 g/mol. The van der Waals surface area contributed by atoms with Crippen molar-refractivity contribution in [1.29, 1.82) is 0 Å². The third-order valence-corrected chi connectivity index (χ3v) is 6.58. The Labute approximate surface area is 181 Å². The van der Waals surface area contributed by atoms with Gasteiger partial charge in [0.1, 0.15) is 35.7 Å². The summed E-state index contributed by atoms with van der Waals surface area (Å²) in [6, 6.07) is 17.0. The first kappa shape index (κ1) is 18.6. The van der Waals surface area contributed by atoms with E-state index in [2.05, 4.69) is 46.4 Å². The molecule has 7 rings (SSSR count). The third-order valence-electron chi connectivity index (χ3n) is 6.58. The Morgan fingerprint density at radius 1 is 0.613 bits per heavy atom. The molecular formula is C26H24N2O3. The average Bonchev–Trinajstić information content (AvgIpc) is 2.79. The summed E-state index contributed by atoms with van der Waals surface area (Å²) in [5, 5.41) is 2.37. The molecule has 2 aromatic carbocycles. The smallest absolute Gasteiger partial charge is 0.145 e. The number of fused-ring (bicyclic) bond motifs is 8. The van der Waals surface area contributed by atoms with Crippen LogP contribution in [0.1, 0.15) is 35.8 Å². The van der Waals surface area contributed by atoms with Crippen LogP contribution in [0, 0.1) is 0 Å². The minimum Gasteiger partial charge on any atom is -0.489 e. The fourth-order valence-electron chi connectivity index (χ4n) is 4.98. The van der Waals surface area contributed by atoms with Gasteiger partial charge in [0.15, 0.2) is 0 Å². The molecule has 4 bridgehead atoms. The topological polar surface area (TPSA) is 53.5 Å². The van der Waals surface area contributed by atoms with Crippen LogP contribution in [0.5, 0.6) is 11.5 Å². The SMILES string of the molecule is c1cnc2c3ccc(c2c1)[C@H]1CC[C@H]1c1ccc(c2ncccc12)OCCOCCO3. The molecule has 0 radical (unpaired) electrons. The van der Waals surface area contributed by atoms with Crippen molar-refractivity contribution >= 4 is 21.8 Å². The van der Waals surface area contributed by atoms with E-state index in [4.69, 9.17) is 14.2 Å². The molecular weight excluding hydrogens is 388 g/mol. The first-order valence-corrected chi connectivity index (χ1v) is 11.0. The summed E-state index contributed by atoms with van der Waals surface area (Å²) in [5.74, 6) is 2.54. The van der Waals surface area contributed by atoms with E-state index >= 15 is 0 Å². The number of nitrogens with zero attached hydrogens (tertiary/aromatic N) is 2. The maximum atomic E-state index is 6.02. The van der Waals surface area contributed by atoms with Crippen LogP contribution in [0.15, 0.2) is 60.9 Å². The maximum absolute atomic E-state index is 6.02. The molecule has 1 aliphatic carbocycles. The highest BCUT2D eigenvalue weighted by molar-refractivity contribution is 5.90. The summed E-state index contributed by atoms with van der Waals surface area (Å²) >= 11 is 0. The van der Waals surface area contributed by atoms with Crippen LogP contribution in [-0.2, 0) is 4.74 Å². The van der Waals surface area contributed by atoms with Crippen molar-refractivity contribution in [3.8, 4) is 11.5 Å². The molecule has 2 aliphatic heterocycles. The number of pyridine rings is 2. The van der Waals surface area contributed by atoms with Gasteiger partial charge in [-0.05, 0) is 60.1 Å². The van der Waals surface area contributed by atoms with Crippen LogP contribution >= 0.6 is 0 Å². The third kappa shape index (κ3) is 3.20. The number of rotatable bonds is 0. The van der Waals surface area contributed by atoms with Crippen molar-refractivity contribution in [2.45, 2.75) is 24.7 Å². The van der Waals surface area contributed by atoms with Gasteiger partial charge in [-0.3, -0.25) is 9.97 Å². The zero-order valence-electron chi connectivity index (χ0n) is 17.3. The van der Waals surface area contributed by atoms with Gasteiger partial charge in [-0.1, -0.05) is 24.3 Å². The van der Waals surface area contributed by atoms with Gasteiger partial charge in [-0.25, -0.2) is 0 Å². The molecule has 0 unspecified atom stereocenters. The Morgan fingerprint density at radius 2 is 1.13 bits per heavy atom. The molecule has 1 fully saturated rings. The number of hydrogen-bond acceptors (Lipinski definition) is 5. The lowest BCUT2D eigenvalue weighted by Crippen LogP contribution is -2.22. The summed E-state index contributed by atoms with van der Waals surface area (Å²) in [6.07, 6.45) is 6.02. The molecule has 156 valence electrons. The molecule has 1 saturated carbocycles. The number of ether oxygens (including phenoxy) is 3. The highest BCUT2D eigenvalue weighted by Crippen LogP contribution is 2.52. The summed E-state index contributed by atoms with van der Waals surface area (Å²) in [7, 11) is 0. The quantitative estimate of drug-likeness (QED) is 0.370. The molecule has 0 saturated heterocycles. The lowest BCUT2D eigenvalue weighted by atomic mass is 9.65. The fraction of sp³-hybridized carbons (Fsp3) is 0.308. The largest absolute Gasteiger partial charge is 0.489 e. The van der Waals surface area contributed by atoms with Crippen LogP contribution in [0.4, 0.5) is 0 Å². The van der Waals surface area contributed by atoms with E-state index in [0.717, 1.165) is 22.5 Å². The monoisotopic (exact) mass is 412 g/mol. The van der Waals surface area contributed by atoms with E-state index < -0.39 is 0 Å². The van der Waals surface area contributed by atoms with Crippen LogP contribution in [-0.4, -0.2) is 36.4 Å². The number of aromatic nitrogens is 2. The predicted molar refractivity (Wildman–Crippen MR) is 120 cm³/mol. The van der Waals surface area contributed by atoms with Crippen LogP contribution in [0.3, 0.4) is 0 Å². The van der Waals surface area contributed by atoms with Gasteiger partial charge in [-0.15, -0.1) is 0 Å². The minimum absolute atomic E-state index is 0.454. The van der Waals surface area contributed by atoms with Gasteiger partial charge in [0.2, 0.25) is 0 Å². The van der Waals surface area contributed by atoms with Crippen molar-refractivity contribution in [1.82, 2.24) is 9.97 Å². The van der Waals surface area contributed by atoms with E-state index in [1.807, 2.05) is 24.5 Å². The van der Waals surface area contributed by atoms with E-state index in [1.165, 1.54) is 34.7 Å². The van der Waals surface area contributed by atoms with Gasteiger partial charge in [0, 0.05) is 23.2 Å². The molecule has 0 N–H and O–H groups in total. The van der Waals surface area contributed by atoms with E-state index in [0.29, 0.717) is 38.3 Å². The molecule has 5 heteroatoms. The molecule has 4 heterocycles. The number of hydrogen-bond donors (Lipinski definition) is 0. The minimum atomic E-state index is 0.454. The summed E-state index contributed by atoms with van der Waals surface area (Å²) in [6.45, 7) is 1.97. The summed E-state index contributed by atoms with van der Waals surface area (Å²) in [5.41, 5.74) is 4.56. The van der Waals surface area contributed by atoms with Crippen LogP contribution in [0.25, 0.3) is 21.8 Å². The van der Waals surface area contributed by atoms with E-state index in [1.54, 1.807) is 0 Å². The van der Waals surface area contributed by atoms with E-state index in [-0.39, 0.29) is 0 Å². The second-order valence-electron chi connectivity index (χ2n) is 8.20. The lowest BCUT2D eigenvalue weighted by Gasteiger charge is -2.39. The lowest BCUT2D eigenvalue weighted by molar-refractivity contribution is 0.0770. The van der Waals surface area contributed by atoms with E-state index in [9.17, 15) is 0 Å². The second kappa shape index (κ2) is 7.82. The van der Waals surface area contributed by atoms with Crippen molar-refractivity contribution < 1.29 is 14.2 Å². The Kier molecular flexibility index (Phi) is 4.69. The Bertz CT molecular complexity index is 1160.